The molecule has 2 aromatic rings. The molecule has 0 aliphatic carbocycles. The SMILES string of the molecule is O=S1(=O)CCCC1c1nnc2cccc(Br)n12. The highest BCUT2D eigenvalue weighted by molar-refractivity contribution is 9.10. The van der Waals surface area contributed by atoms with Gasteiger partial charge in [-0.15, -0.1) is 10.2 Å². The lowest BCUT2D eigenvalue weighted by molar-refractivity contribution is 0.588. The van der Waals surface area contributed by atoms with E-state index in [1.807, 2.05) is 18.2 Å². The van der Waals surface area contributed by atoms with Gasteiger partial charge in [0.15, 0.2) is 21.3 Å². The number of aromatic nitrogens is 3. The average Bonchev–Trinajstić information content (AvgIpc) is 2.82. The Hall–Kier alpha value is -0.950. The topological polar surface area (TPSA) is 64.3 Å². The summed E-state index contributed by atoms with van der Waals surface area (Å²) in [6.07, 6.45) is 1.33. The molecule has 0 spiro atoms. The molecule has 1 saturated heterocycles. The zero-order valence-electron chi connectivity index (χ0n) is 8.88. The van der Waals surface area contributed by atoms with E-state index in [-0.39, 0.29) is 5.75 Å². The number of pyridine rings is 1. The first-order valence-corrected chi connectivity index (χ1v) is 7.81. The van der Waals surface area contributed by atoms with Crippen LogP contribution >= 0.6 is 15.9 Å². The maximum Gasteiger partial charge on any atom is 0.161 e. The Bertz CT molecular complexity index is 680. The predicted molar refractivity (Wildman–Crippen MR) is 66.4 cm³/mol. The van der Waals surface area contributed by atoms with Gasteiger partial charge in [0.25, 0.3) is 0 Å². The molecule has 1 aliphatic rings. The third-order valence-corrected chi connectivity index (χ3v) is 5.81. The van der Waals surface area contributed by atoms with Crippen LogP contribution in [0.3, 0.4) is 0 Å². The van der Waals surface area contributed by atoms with Crippen molar-refractivity contribution in [1.82, 2.24) is 14.6 Å². The number of fused-ring (bicyclic) bond motifs is 1. The molecule has 17 heavy (non-hydrogen) atoms. The van der Waals surface area contributed by atoms with Gasteiger partial charge in [-0.1, -0.05) is 6.07 Å². The summed E-state index contributed by atoms with van der Waals surface area (Å²) in [5.41, 5.74) is 0.663. The fourth-order valence-corrected chi connectivity index (χ4v) is 4.58. The van der Waals surface area contributed by atoms with Gasteiger partial charge in [-0.25, -0.2) is 8.42 Å². The maximum absolute atomic E-state index is 11.9. The summed E-state index contributed by atoms with van der Waals surface area (Å²) < 4.78 is 26.4. The molecular formula is C10H10BrN3O2S. The zero-order chi connectivity index (χ0) is 12.0. The Morgan fingerprint density at radius 2 is 2.18 bits per heavy atom. The van der Waals surface area contributed by atoms with Crippen molar-refractivity contribution in [3.05, 3.63) is 28.6 Å². The molecule has 0 saturated carbocycles. The molecule has 90 valence electrons. The van der Waals surface area contributed by atoms with E-state index < -0.39 is 15.1 Å². The van der Waals surface area contributed by atoms with Gasteiger partial charge in [0, 0.05) is 0 Å². The second kappa shape index (κ2) is 3.78. The highest BCUT2D eigenvalue weighted by atomic mass is 79.9. The van der Waals surface area contributed by atoms with E-state index in [4.69, 9.17) is 0 Å². The van der Waals surface area contributed by atoms with Crippen molar-refractivity contribution in [2.75, 3.05) is 5.75 Å². The van der Waals surface area contributed by atoms with E-state index in [1.54, 1.807) is 4.40 Å². The molecule has 7 heteroatoms. The highest BCUT2D eigenvalue weighted by Gasteiger charge is 2.36. The van der Waals surface area contributed by atoms with Gasteiger partial charge in [-0.2, -0.15) is 0 Å². The fourth-order valence-electron chi connectivity index (χ4n) is 2.21. The van der Waals surface area contributed by atoms with E-state index in [0.29, 0.717) is 24.3 Å². The zero-order valence-corrected chi connectivity index (χ0v) is 11.3. The summed E-state index contributed by atoms with van der Waals surface area (Å²) in [4.78, 5) is 0. The standard InChI is InChI=1S/C10H10BrN3O2S/c11-8-4-1-5-9-12-13-10(14(8)9)7-3-2-6-17(7,15)16/h1,4-5,7H,2-3,6H2. The van der Waals surface area contributed by atoms with Crippen LogP contribution in [0.1, 0.15) is 23.9 Å². The van der Waals surface area contributed by atoms with Gasteiger partial charge < -0.3 is 0 Å². The lowest BCUT2D eigenvalue weighted by Gasteiger charge is -2.08. The first-order valence-electron chi connectivity index (χ1n) is 5.31. The molecule has 2 aromatic heterocycles. The molecule has 3 rings (SSSR count). The second-order valence-corrected chi connectivity index (χ2v) is 7.21. The van der Waals surface area contributed by atoms with Crippen molar-refractivity contribution in [2.45, 2.75) is 18.1 Å². The minimum atomic E-state index is -3.06. The predicted octanol–water partition coefficient (Wildman–Crippen LogP) is 1.74. The summed E-state index contributed by atoms with van der Waals surface area (Å²) in [6, 6.07) is 5.51. The van der Waals surface area contributed by atoms with Crippen molar-refractivity contribution in [1.29, 1.82) is 0 Å². The number of nitrogens with zero attached hydrogens (tertiary/aromatic N) is 3. The summed E-state index contributed by atoms with van der Waals surface area (Å²) >= 11 is 3.40. The summed E-state index contributed by atoms with van der Waals surface area (Å²) in [5.74, 6) is 0.766. The lowest BCUT2D eigenvalue weighted by Crippen LogP contribution is -2.11. The second-order valence-electron chi connectivity index (χ2n) is 4.10. The van der Waals surface area contributed by atoms with Crippen LogP contribution < -0.4 is 0 Å². The Balaban J connectivity index is 2.25. The van der Waals surface area contributed by atoms with E-state index >= 15 is 0 Å². The molecule has 1 unspecified atom stereocenters. The van der Waals surface area contributed by atoms with Crippen LogP contribution in [0.25, 0.3) is 5.65 Å². The normalized spacial score (nSPS) is 23.2. The third kappa shape index (κ3) is 1.68. The van der Waals surface area contributed by atoms with Crippen LogP contribution in [-0.2, 0) is 9.84 Å². The van der Waals surface area contributed by atoms with E-state index in [2.05, 4.69) is 26.1 Å². The molecule has 0 amide bonds. The van der Waals surface area contributed by atoms with Gasteiger partial charge in [-0.05, 0) is 40.9 Å². The molecule has 1 atom stereocenters. The van der Waals surface area contributed by atoms with Crippen molar-refractivity contribution < 1.29 is 8.42 Å². The Morgan fingerprint density at radius 3 is 2.88 bits per heavy atom. The number of rotatable bonds is 1. The van der Waals surface area contributed by atoms with Crippen molar-refractivity contribution >= 4 is 31.4 Å². The highest BCUT2D eigenvalue weighted by Crippen LogP contribution is 2.34. The van der Waals surface area contributed by atoms with Crippen LogP contribution in [0.2, 0.25) is 0 Å². The first-order chi connectivity index (χ1) is 8.09. The molecule has 0 aromatic carbocycles. The Morgan fingerprint density at radius 1 is 1.35 bits per heavy atom. The molecule has 0 radical (unpaired) electrons. The molecular weight excluding hydrogens is 306 g/mol. The molecule has 0 N–H and O–H groups in total. The molecule has 5 nitrogen and oxygen atoms in total. The van der Waals surface area contributed by atoms with Gasteiger partial charge in [0.1, 0.15) is 5.25 Å². The molecule has 1 fully saturated rings. The first kappa shape index (κ1) is 11.2. The Kier molecular flexibility index (Phi) is 2.48. The van der Waals surface area contributed by atoms with Crippen LogP contribution in [0.5, 0.6) is 0 Å². The number of halogens is 1. The van der Waals surface area contributed by atoms with E-state index in [9.17, 15) is 8.42 Å². The van der Waals surface area contributed by atoms with Crippen LogP contribution in [-0.4, -0.2) is 28.8 Å². The van der Waals surface area contributed by atoms with Crippen LogP contribution in [0.4, 0.5) is 0 Å². The summed E-state index contributed by atoms with van der Waals surface area (Å²) in [5, 5.41) is 7.53. The molecule has 0 bridgehead atoms. The van der Waals surface area contributed by atoms with E-state index in [0.717, 1.165) is 4.60 Å². The van der Waals surface area contributed by atoms with Gasteiger partial charge in [0.2, 0.25) is 0 Å². The smallest absolute Gasteiger partial charge is 0.161 e. The average molecular weight is 316 g/mol. The van der Waals surface area contributed by atoms with Gasteiger partial charge >= 0.3 is 0 Å². The summed E-state index contributed by atoms with van der Waals surface area (Å²) in [7, 11) is -3.06. The minimum absolute atomic E-state index is 0.247. The summed E-state index contributed by atoms with van der Waals surface area (Å²) in [6.45, 7) is 0. The van der Waals surface area contributed by atoms with Crippen LogP contribution in [0.15, 0.2) is 22.8 Å². The van der Waals surface area contributed by atoms with Crippen molar-refractivity contribution in [3.63, 3.8) is 0 Å². The van der Waals surface area contributed by atoms with Crippen molar-refractivity contribution in [2.24, 2.45) is 0 Å². The quantitative estimate of drug-likeness (QED) is 0.752. The van der Waals surface area contributed by atoms with Crippen molar-refractivity contribution in [3.8, 4) is 0 Å². The maximum atomic E-state index is 11.9. The number of hydrogen-bond donors (Lipinski definition) is 0. The van der Waals surface area contributed by atoms with E-state index in [1.165, 1.54) is 0 Å². The third-order valence-electron chi connectivity index (χ3n) is 3.02. The lowest BCUT2D eigenvalue weighted by atomic mass is 10.2. The minimum Gasteiger partial charge on any atom is -0.272 e. The Labute approximate surface area is 107 Å². The largest absolute Gasteiger partial charge is 0.272 e. The van der Waals surface area contributed by atoms with Gasteiger partial charge in [0.05, 0.1) is 10.4 Å². The monoisotopic (exact) mass is 315 g/mol. The number of hydrogen-bond acceptors (Lipinski definition) is 4. The number of sulfone groups is 1. The van der Waals surface area contributed by atoms with Crippen LogP contribution in [0, 0.1) is 0 Å². The fraction of sp³-hybridized carbons (Fsp3) is 0.400. The molecule has 3 heterocycles. The molecule has 1 aliphatic heterocycles. The van der Waals surface area contributed by atoms with Gasteiger partial charge in [-0.3, -0.25) is 4.40 Å².